The molecule has 9 heteroatoms. The Morgan fingerprint density at radius 2 is 2.14 bits per heavy atom. The van der Waals surface area contributed by atoms with Gasteiger partial charge in [-0.2, -0.15) is 4.80 Å². The predicted octanol–water partition coefficient (Wildman–Crippen LogP) is 0.258. The minimum atomic E-state index is -1.06. The smallest absolute Gasteiger partial charge is 0.329 e. The van der Waals surface area contributed by atoms with Crippen molar-refractivity contribution in [2.75, 3.05) is 10.2 Å². The largest absolute Gasteiger partial charge is 0.480 e. The van der Waals surface area contributed by atoms with E-state index in [2.05, 4.69) is 20.7 Å². The van der Waals surface area contributed by atoms with Crippen molar-refractivity contribution in [3.05, 3.63) is 29.8 Å². The van der Waals surface area contributed by atoms with E-state index in [1.165, 1.54) is 9.70 Å². The molecule has 0 bridgehead atoms. The summed E-state index contributed by atoms with van der Waals surface area (Å²) in [7, 11) is 1.56. The number of amides is 2. The third kappa shape index (κ3) is 2.29. The molecule has 1 aromatic carbocycles. The van der Waals surface area contributed by atoms with Crippen LogP contribution >= 0.6 is 0 Å². The Hall–Kier alpha value is -2.97. The minimum Gasteiger partial charge on any atom is -0.480 e. The van der Waals surface area contributed by atoms with E-state index in [4.69, 9.17) is 0 Å². The monoisotopic (exact) mass is 288 g/mol. The Balaban J connectivity index is 1.90. The number of carbonyl (C=O) groups is 2. The highest BCUT2D eigenvalue weighted by Gasteiger charge is 2.38. The number of carboxylic acids is 1. The number of carbonyl (C=O) groups excluding carboxylic acids is 1. The number of benzene rings is 1. The van der Waals surface area contributed by atoms with Gasteiger partial charge in [-0.05, 0) is 16.8 Å². The zero-order chi connectivity index (χ0) is 15.0. The molecular weight excluding hydrogens is 276 g/mol. The second-order valence-corrected chi connectivity index (χ2v) is 4.59. The summed E-state index contributed by atoms with van der Waals surface area (Å²) in [5.41, 5.74) is 1.39. The number of rotatable bonds is 2. The highest BCUT2D eigenvalue weighted by Crippen LogP contribution is 2.32. The summed E-state index contributed by atoms with van der Waals surface area (Å²) in [6, 6.07) is 5.54. The molecule has 0 radical (unpaired) electrons. The van der Waals surface area contributed by atoms with Crippen molar-refractivity contribution in [1.82, 2.24) is 20.2 Å². The fourth-order valence-electron chi connectivity index (χ4n) is 2.32. The lowest BCUT2D eigenvalue weighted by atomic mass is 10.1. The van der Waals surface area contributed by atoms with Gasteiger partial charge in [-0.1, -0.05) is 23.3 Å². The van der Waals surface area contributed by atoms with E-state index >= 15 is 0 Å². The van der Waals surface area contributed by atoms with Crippen LogP contribution in [0.15, 0.2) is 24.3 Å². The van der Waals surface area contributed by atoms with Crippen LogP contribution in [0.3, 0.4) is 0 Å². The topological polar surface area (TPSA) is 113 Å². The number of aliphatic carboxylic acids is 1. The summed E-state index contributed by atoms with van der Waals surface area (Å²) < 4.78 is 0. The zero-order valence-electron chi connectivity index (χ0n) is 11.1. The van der Waals surface area contributed by atoms with Gasteiger partial charge in [-0.15, -0.1) is 5.10 Å². The molecule has 1 aliphatic rings. The first-order chi connectivity index (χ1) is 10.1. The lowest BCUT2D eigenvalue weighted by Crippen LogP contribution is -2.45. The predicted molar refractivity (Wildman–Crippen MR) is 71.9 cm³/mol. The molecule has 2 N–H and O–H groups in total. The van der Waals surface area contributed by atoms with E-state index in [9.17, 15) is 14.7 Å². The van der Waals surface area contributed by atoms with Gasteiger partial charge in [0.1, 0.15) is 6.04 Å². The van der Waals surface area contributed by atoms with Gasteiger partial charge >= 0.3 is 12.0 Å². The Kier molecular flexibility index (Phi) is 3.01. The molecule has 108 valence electrons. The van der Waals surface area contributed by atoms with E-state index < -0.39 is 18.0 Å². The maximum atomic E-state index is 12.3. The van der Waals surface area contributed by atoms with Crippen molar-refractivity contribution >= 4 is 23.6 Å². The average Bonchev–Trinajstić information content (AvgIpc) is 3.02. The Bertz CT molecular complexity index is 713. The molecule has 0 saturated heterocycles. The van der Waals surface area contributed by atoms with Crippen molar-refractivity contribution in [3.63, 3.8) is 0 Å². The van der Waals surface area contributed by atoms with E-state index in [0.29, 0.717) is 5.69 Å². The number of aromatic nitrogens is 4. The van der Waals surface area contributed by atoms with Gasteiger partial charge < -0.3 is 5.11 Å². The molecule has 1 unspecified atom stereocenters. The molecule has 1 atom stereocenters. The van der Waals surface area contributed by atoms with Gasteiger partial charge in [-0.3, -0.25) is 10.2 Å². The number of nitrogens with zero attached hydrogens (tertiary/aromatic N) is 5. The quantitative estimate of drug-likeness (QED) is 0.819. The fourth-order valence-corrected chi connectivity index (χ4v) is 2.32. The van der Waals surface area contributed by atoms with Crippen LogP contribution in [0.4, 0.5) is 16.4 Å². The van der Waals surface area contributed by atoms with Gasteiger partial charge in [-0.25, -0.2) is 9.59 Å². The molecule has 1 aliphatic heterocycles. The number of urea groups is 1. The highest BCUT2D eigenvalue weighted by atomic mass is 16.4. The number of anilines is 2. The maximum Gasteiger partial charge on any atom is 0.329 e. The number of carboxylic acid groups (broad SMARTS) is 1. The van der Waals surface area contributed by atoms with E-state index in [0.717, 1.165) is 5.56 Å². The fraction of sp³-hybridized carbons (Fsp3) is 0.250. The molecule has 0 aliphatic carbocycles. The lowest BCUT2D eigenvalue weighted by Gasteiger charge is -2.21. The normalized spacial score (nSPS) is 16.6. The molecule has 21 heavy (non-hydrogen) atoms. The molecule has 9 nitrogen and oxygen atoms in total. The van der Waals surface area contributed by atoms with E-state index in [1.807, 2.05) is 6.07 Å². The Morgan fingerprint density at radius 3 is 2.81 bits per heavy atom. The summed E-state index contributed by atoms with van der Waals surface area (Å²) in [4.78, 5) is 26.1. The number of para-hydroxylation sites is 1. The van der Waals surface area contributed by atoms with Gasteiger partial charge in [0, 0.05) is 12.1 Å². The summed E-state index contributed by atoms with van der Waals surface area (Å²) in [5.74, 6) is -1.04. The van der Waals surface area contributed by atoms with E-state index in [1.54, 1.807) is 25.2 Å². The minimum absolute atomic E-state index is 0.0241. The molecule has 1 aromatic heterocycles. The van der Waals surface area contributed by atoms with Gasteiger partial charge in [0.25, 0.3) is 5.95 Å². The van der Waals surface area contributed by atoms with Gasteiger partial charge in [0.05, 0.1) is 7.05 Å². The van der Waals surface area contributed by atoms with Crippen molar-refractivity contribution in [2.24, 2.45) is 7.05 Å². The summed E-state index contributed by atoms with van der Waals surface area (Å²) in [6.07, 6.45) is 0.271. The Morgan fingerprint density at radius 1 is 1.38 bits per heavy atom. The third-order valence-corrected chi connectivity index (χ3v) is 3.21. The summed E-state index contributed by atoms with van der Waals surface area (Å²) in [5, 5.41) is 22.8. The number of nitrogens with one attached hydrogen (secondary N) is 1. The molecule has 2 heterocycles. The standard InChI is InChI=1S/C12H12N6O3/c1-17-15-11(14-16-17)13-12(21)18-8-5-3-2-4-7(8)6-9(18)10(19)20/h2-5,9H,6H2,1H3,(H,19,20)(H,13,15,21). The van der Waals surface area contributed by atoms with Crippen LogP contribution in [-0.4, -0.2) is 43.4 Å². The van der Waals surface area contributed by atoms with Crippen LogP contribution in [0.1, 0.15) is 5.56 Å². The van der Waals surface area contributed by atoms with Crippen molar-refractivity contribution in [2.45, 2.75) is 12.5 Å². The average molecular weight is 288 g/mol. The number of aryl methyl sites for hydroxylation is 1. The van der Waals surface area contributed by atoms with Gasteiger partial charge in [0.2, 0.25) is 0 Å². The first kappa shape index (κ1) is 13.0. The SMILES string of the molecule is Cn1nnc(NC(=O)N2c3ccccc3CC2C(=O)O)n1. The molecule has 2 aromatic rings. The number of tetrazole rings is 1. The first-order valence-corrected chi connectivity index (χ1v) is 6.21. The van der Waals surface area contributed by atoms with Crippen molar-refractivity contribution in [1.29, 1.82) is 0 Å². The van der Waals surface area contributed by atoms with Gasteiger partial charge in [0.15, 0.2) is 0 Å². The number of fused-ring (bicyclic) bond motifs is 1. The molecule has 3 rings (SSSR count). The highest BCUT2D eigenvalue weighted by molar-refractivity contribution is 6.06. The number of hydrogen-bond donors (Lipinski definition) is 2. The maximum absolute atomic E-state index is 12.3. The second-order valence-electron chi connectivity index (χ2n) is 4.59. The van der Waals surface area contributed by atoms with E-state index in [-0.39, 0.29) is 12.4 Å². The molecule has 2 amide bonds. The van der Waals surface area contributed by atoms with Crippen molar-refractivity contribution < 1.29 is 14.7 Å². The van der Waals surface area contributed by atoms with Crippen LogP contribution in [0.25, 0.3) is 0 Å². The first-order valence-electron chi connectivity index (χ1n) is 6.21. The Labute approximate surface area is 119 Å². The van der Waals surface area contributed by atoms with Crippen LogP contribution in [0.5, 0.6) is 0 Å². The summed E-state index contributed by atoms with van der Waals surface area (Å²) in [6.45, 7) is 0. The van der Waals surface area contributed by atoms with Crippen molar-refractivity contribution in [3.8, 4) is 0 Å². The van der Waals surface area contributed by atoms with Crippen LogP contribution in [-0.2, 0) is 18.3 Å². The lowest BCUT2D eigenvalue weighted by molar-refractivity contribution is -0.138. The number of hydrogen-bond acceptors (Lipinski definition) is 5. The summed E-state index contributed by atoms with van der Waals surface area (Å²) >= 11 is 0. The third-order valence-electron chi connectivity index (χ3n) is 3.21. The van der Waals surface area contributed by atoms with Crippen LogP contribution in [0, 0.1) is 0 Å². The second kappa shape index (κ2) is 4.85. The van der Waals surface area contributed by atoms with Crippen LogP contribution < -0.4 is 10.2 Å². The molecule has 0 fully saturated rings. The molecular formula is C12H12N6O3. The zero-order valence-corrected chi connectivity index (χ0v) is 11.1. The molecule has 0 saturated carbocycles. The molecule has 0 spiro atoms. The van der Waals surface area contributed by atoms with Crippen LogP contribution in [0.2, 0.25) is 0 Å².